The van der Waals surface area contributed by atoms with Crippen LogP contribution in [-0.2, 0) is 16.0 Å². The molecule has 8 rings (SSSR count). The monoisotopic (exact) mass is 427 g/mol. The normalized spacial score (nSPS) is 20.4. The van der Waals surface area contributed by atoms with Gasteiger partial charge < -0.3 is 9.84 Å². The summed E-state index contributed by atoms with van der Waals surface area (Å²) in [6.45, 7) is 3.78. The number of aliphatic hydroxyl groups is 1. The van der Waals surface area contributed by atoms with Crippen molar-refractivity contribution in [1.82, 2.24) is 10.2 Å². The van der Waals surface area contributed by atoms with Gasteiger partial charge in [-0.1, -0.05) is 36.4 Å². The maximum Gasteiger partial charge on any atom is 0.301 e. The molecule has 0 saturated carbocycles. The van der Waals surface area contributed by atoms with E-state index in [1.807, 2.05) is 19.1 Å². The summed E-state index contributed by atoms with van der Waals surface area (Å²) in [6, 6.07) is 17.0. The number of ketones is 1. The van der Waals surface area contributed by atoms with Gasteiger partial charge in [0, 0.05) is 12.0 Å². The van der Waals surface area contributed by atoms with Crippen molar-refractivity contribution in [2.75, 3.05) is 4.90 Å². The van der Waals surface area contributed by atoms with Crippen LogP contribution in [-0.4, -0.2) is 33.1 Å². The van der Waals surface area contributed by atoms with Crippen LogP contribution in [0.2, 0.25) is 0 Å². The largest absolute Gasteiger partial charge is 0.507 e. The summed E-state index contributed by atoms with van der Waals surface area (Å²) in [6.07, 6.45) is 0.641. The predicted octanol–water partition coefficient (Wildman–Crippen LogP) is 3.73. The van der Waals surface area contributed by atoms with E-state index in [0.717, 1.165) is 5.56 Å². The fourth-order valence-corrected chi connectivity index (χ4v) is 4.19. The van der Waals surface area contributed by atoms with E-state index in [1.54, 1.807) is 55.5 Å². The summed E-state index contributed by atoms with van der Waals surface area (Å²) in [4.78, 5) is 27.5. The topological polar surface area (TPSA) is 92.6 Å². The second kappa shape index (κ2) is 7.60. The minimum absolute atomic E-state index is 0.0178. The lowest BCUT2D eigenvalue weighted by atomic mass is 9.94. The summed E-state index contributed by atoms with van der Waals surface area (Å²) in [7, 11) is 0. The average Bonchev–Trinajstić information content (AvgIpc) is 3.05. The second-order valence-corrected chi connectivity index (χ2v) is 8.10. The molecule has 5 aliphatic heterocycles. The Morgan fingerprint density at radius 1 is 0.969 bits per heavy atom. The molecule has 0 radical (unpaired) electrons. The molecule has 0 aliphatic carbocycles. The molecule has 160 valence electrons. The van der Waals surface area contributed by atoms with Gasteiger partial charge in [0.25, 0.3) is 5.78 Å². The van der Waals surface area contributed by atoms with Gasteiger partial charge in [-0.2, -0.15) is 5.10 Å². The number of benzene rings is 2. The first-order valence-electron chi connectivity index (χ1n) is 10.4. The van der Waals surface area contributed by atoms with E-state index in [2.05, 4.69) is 10.2 Å². The van der Waals surface area contributed by atoms with Crippen LogP contribution in [0.25, 0.3) is 5.76 Å². The van der Waals surface area contributed by atoms with Crippen LogP contribution in [0.5, 0.6) is 5.75 Å². The molecule has 0 spiro atoms. The Kier molecular flexibility index (Phi) is 4.74. The number of nitrogens with zero attached hydrogens (tertiary/aromatic N) is 3. The number of Topliss-reactive ketones (excluding diaryl/α,β-unsaturated/α-hetero) is 1. The van der Waals surface area contributed by atoms with Crippen LogP contribution < -0.4 is 9.64 Å². The SMILES string of the molecule is Cc1ccc(N2C(=O)C(=O)C3=C(O)c4ccc(cc4)CC(C)Oc4ccc(cc4)C32)nn1. The van der Waals surface area contributed by atoms with Crippen LogP contribution in [0.1, 0.15) is 35.3 Å². The van der Waals surface area contributed by atoms with Gasteiger partial charge in [0.15, 0.2) is 5.82 Å². The highest BCUT2D eigenvalue weighted by molar-refractivity contribution is 6.51. The number of aliphatic hydroxyl groups excluding tert-OH is 1. The molecule has 4 bridgehead atoms. The van der Waals surface area contributed by atoms with Crippen LogP contribution in [0.15, 0.2) is 66.2 Å². The third-order valence-corrected chi connectivity index (χ3v) is 5.76. The minimum Gasteiger partial charge on any atom is -0.507 e. The highest BCUT2D eigenvalue weighted by Crippen LogP contribution is 2.42. The first kappa shape index (κ1) is 19.9. The van der Waals surface area contributed by atoms with Crippen molar-refractivity contribution in [2.24, 2.45) is 0 Å². The zero-order valence-corrected chi connectivity index (χ0v) is 17.6. The second-order valence-electron chi connectivity index (χ2n) is 8.10. The van der Waals surface area contributed by atoms with Crippen molar-refractivity contribution in [1.29, 1.82) is 0 Å². The smallest absolute Gasteiger partial charge is 0.301 e. The molecule has 2 unspecified atom stereocenters. The highest BCUT2D eigenvalue weighted by atomic mass is 16.5. The third kappa shape index (κ3) is 3.32. The van der Waals surface area contributed by atoms with Crippen molar-refractivity contribution in [2.45, 2.75) is 32.4 Å². The zero-order chi connectivity index (χ0) is 22.4. The molecule has 7 heteroatoms. The van der Waals surface area contributed by atoms with Gasteiger partial charge >= 0.3 is 5.91 Å². The van der Waals surface area contributed by atoms with Gasteiger partial charge in [0.1, 0.15) is 11.5 Å². The summed E-state index contributed by atoms with van der Waals surface area (Å²) in [5.74, 6) is -0.813. The van der Waals surface area contributed by atoms with Gasteiger partial charge in [0.2, 0.25) is 0 Å². The lowest BCUT2D eigenvalue weighted by Crippen LogP contribution is -2.30. The summed E-state index contributed by atoms with van der Waals surface area (Å²) < 4.78 is 6.03. The Morgan fingerprint density at radius 2 is 1.69 bits per heavy atom. The maximum absolute atomic E-state index is 13.1. The number of amides is 1. The van der Waals surface area contributed by atoms with Crippen molar-refractivity contribution >= 4 is 23.3 Å². The first-order valence-corrected chi connectivity index (χ1v) is 10.4. The quantitative estimate of drug-likeness (QED) is 0.595. The predicted molar refractivity (Wildman–Crippen MR) is 118 cm³/mol. The number of hydrogen-bond acceptors (Lipinski definition) is 6. The Hall–Kier alpha value is -4.00. The third-order valence-electron chi connectivity index (χ3n) is 5.76. The number of carbonyl (C=O) groups is 2. The summed E-state index contributed by atoms with van der Waals surface area (Å²) in [5.41, 5.74) is 2.86. The number of hydrogen-bond donors (Lipinski definition) is 1. The van der Waals surface area contributed by atoms with Crippen LogP contribution in [0, 0.1) is 6.92 Å². The Morgan fingerprint density at radius 3 is 2.34 bits per heavy atom. The first-order chi connectivity index (χ1) is 15.4. The van der Waals surface area contributed by atoms with Gasteiger partial charge in [-0.25, -0.2) is 0 Å². The molecule has 1 saturated heterocycles. The Bertz CT molecular complexity index is 1230. The molecule has 1 aromatic heterocycles. The number of anilines is 1. The van der Waals surface area contributed by atoms with E-state index < -0.39 is 17.7 Å². The number of aryl methyl sites for hydroxylation is 1. The van der Waals surface area contributed by atoms with E-state index in [1.165, 1.54) is 4.90 Å². The fourth-order valence-electron chi connectivity index (χ4n) is 4.19. The van der Waals surface area contributed by atoms with Crippen molar-refractivity contribution < 1.29 is 19.4 Å². The van der Waals surface area contributed by atoms with E-state index in [-0.39, 0.29) is 23.3 Å². The molecule has 3 aromatic rings. The average molecular weight is 427 g/mol. The van der Waals surface area contributed by atoms with E-state index in [4.69, 9.17) is 4.74 Å². The zero-order valence-electron chi connectivity index (χ0n) is 17.6. The van der Waals surface area contributed by atoms with Crippen molar-refractivity contribution in [3.8, 4) is 5.75 Å². The Balaban J connectivity index is 1.75. The van der Waals surface area contributed by atoms with Crippen LogP contribution in [0.4, 0.5) is 5.82 Å². The van der Waals surface area contributed by atoms with Crippen LogP contribution in [0.3, 0.4) is 0 Å². The molecule has 32 heavy (non-hydrogen) atoms. The van der Waals surface area contributed by atoms with Gasteiger partial charge in [-0.15, -0.1) is 5.10 Å². The number of ether oxygens (including phenoxy) is 1. The molecule has 2 aromatic carbocycles. The van der Waals surface area contributed by atoms with Crippen molar-refractivity contribution in [3.05, 3.63) is 88.6 Å². The molecular formula is C25H21N3O4. The van der Waals surface area contributed by atoms with Gasteiger partial charge in [0.05, 0.1) is 23.4 Å². The molecular weight excluding hydrogens is 406 g/mol. The number of aromatic nitrogens is 2. The van der Waals surface area contributed by atoms with Crippen molar-refractivity contribution in [3.63, 3.8) is 0 Å². The van der Waals surface area contributed by atoms with E-state index in [0.29, 0.717) is 29.0 Å². The standard InChI is InChI=1S/C25H21N3O4/c1-14-3-12-20(27-26-14)28-22-17-8-10-19(11-9-17)32-15(2)13-16-4-6-18(7-5-16)23(29)21(22)24(30)25(28)31/h3-12,15,22,29H,13H2,1-2H3. The van der Waals surface area contributed by atoms with Gasteiger partial charge in [-0.05, 0) is 49.2 Å². The molecule has 6 heterocycles. The fraction of sp³-hybridized carbons (Fsp3) is 0.200. The lowest BCUT2D eigenvalue weighted by Gasteiger charge is -2.25. The molecule has 1 N–H and O–H groups in total. The molecule has 2 atom stereocenters. The number of carbonyl (C=O) groups excluding carboxylic acids is 2. The minimum atomic E-state index is -0.846. The maximum atomic E-state index is 13.1. The van der Waals surface area contributed by atoms with Crippen LogP contribution >= 0.6 is 0 Å². The molecule has 1 amide bonds. The molecule has 1 fully saturated rings. The summed E-state index contributed by atoms with van der Waals surface area (Å²) >= 11 is 0. The van der Waals surface area contributed by atoms with E-state index in [9.17, 15) is 14.7 Å². The van der Waals surface area contributed by atoms with E-state index >= 15 is 0 Å². The Labute approximate surface area is 185 Å². The number of rotatable bonds is 1. The summed E-state index contributed by atoms with van der Waals surface area (Å²) in [5, 5.41) is 19.3. The van der Waals surface area contributed by atoms with Gasteiger partial charge in [-0.3, -0.25) is 14.5 Å². The molecule has 5 aliphatic rings. The molecule has 7 nitrogen and oxygen atoms in total. The highest BCUT2D eigenvalue weighted by Gasteiger charge is 2.47. The lowest BCUT2D eigenvalue weighted by molar-refractivity contribution is -0.132.